The molecule has 0 spiro atoms. The van der Waals surface area contributed by atoms with Crippen molar-refractivity contribution >= 4 is 22.7 Å². The highest BCUT2D eigenvalue weighted by Gasteiger charge is 2.16. The van der Waals surface area contributed by atoms with E-state index in [1.807, 2.05) is 36.9 Å². The van der Waals surface area contributed by atoms with Gasteiger partial charge in [0.05, 0.1) is 5.69 Å². The van der Waals surface area contributed by atoms with E-state index >= 15 is 0 Å². The molecule has 3 heterocycles. The zero-order valence-corrected chi connectivity index (χ0v) is 14.7. The Morgan fingerprint density at radius 2 is 2.00 bits per heavy atom. The average molecular weight is 324 g/mol. The van der Waals surface area contributed by atoms with E-state index in [9.17, 15) is 0 Å². The molecule has 0 aliphatic rings. The molecular weight excluding hydrogens is 300 g/mol. The monoisotopic (exact) mass is 324 g/mol. The van der Waals surface area contributed by atoms with E-state index in [-0.39, 0.29) is 0 Å². The van der Waals surface area contributed by atoms with Crippen LogP contribution >= 0.6 is 0 Å². The van der Waals surface area contributed by atoms with Gasteiger partial charge in [-0.15, -0.1) is 0 Å². The van der Waals surface area contributed by atoms with Gasteiger partial charge in [-0.2, -0.15) is 5.10 Å². The van der Waals surface area contributed by atoms with E-state index in [4.69, 9.17) is 4.98 Å². The molecule has 0 aromatic carbocycles. The van der Waals surface area contributed by atoms with Gasteiger partial charge in [-0.3, -0.25) is 4.68 Å². The van der Waals surface area contributed by atoms with E-state index in [1.54, 1.807) is 6.20 Å². The highest BCUT2D eigenvalue weighted by Crippen LogP contribution is 2.26. The second-order valence-electron chi connectivity index (χ2n) is 5.79. The lowest BCUT2D eigenvalue weighted by atomic mass is 10.1. The maximum atomic E-state index is 4.92. The Morgan fingerprint density at radius 3 is 2.67 bits per heavy atom. The van der Waals surface area contributed by atoms with E-state index in [0.717, 1.165) is 47.0 Å². The molecule has 0 aliphatic heterocycles. The predicted molar refractivity (Wildman–Crippen MR) is 98.4 cm³/mol. The largest absolute Gasteiger partial charge is 0.366 e. The molecule has 0 saturated carbocycles. The maximum Gasteiger partial charge on any atom is 0.160 e. The lowest BCUT2D eigenvalue weighted by molar-refractivity contribution is 0.768. The first-order chi connectivity index (χ1) is 11.6. The van der Waals surface area contributed by atoms with E-state index in [0.29, 0.717) is 6.54 Å². The number of pyridine rings is 2. The van der Waals surface area contributed by atoms with Crippen LogP contribution in [0.1, 0.15) is 25.1 Å². The van der Waals surface area contributed by atoms with Gasteiger partial charge in [-0.05, 0) is 39.0 Å². The van der Waals surface area contributed by atoms with Gasteiger partial charge < -0.3 is 10.2 Å². The third-order valence-corrected chi connectivity index (χ3v) is 4.24. The number of aromatic nitrogens is 4. The first-order valence-electron chi connectivity index (χ1n) is 8.37. The van der Waals surface area contributed by atoms with Gasteiger partial charge in [-0.1, -0.05) is 6.07 Å². The van der Waals surface area contributed by atoms with Crippen molar-refractivity contribution in [3.05, 3.63) is 41.7 Å². The van der Waals surface area contributed by atoms with Crippen LogP contribution in [0.4, 0.5) is 11.6 Å². The van der Waals surface area contributed by atoms with Crippen LogP contribution in [-0.4, -0.2) is 32.8 Å². The summed E-state index contributed by atoms with van der Waals surface area (Å²) in [4.78, 5) is 11.5. The van der Waals surface area contributed by atoms with Gasteiger partial charge in [0.25, 0.3) is 0 Å². The van der Waals surface area contributed by atoms with Gasteiger partial charge in [0.15, 0.2) is 5.65 Å². The molecule has 24 heavy (non-hydrogen) atoms. The van der Waals surface area contributed by atoms with Crippen molar-refractivity contribution in [2.75, 3.05) is 23.3 Å². The second kappa shape index (κ2) is 6.86. The van der Waals surface area contributed by atoms with Gasteiger partial charge in [0.2, 0.25) is 0 Å². The molecule has 0 fully saturated rings. The van der Waals surface area contributed by atoms with Crippen LogP contribution in [0.5, 0.6) is 0 Å². The molecule has 3 aromatic heterocycles. The van der Waals surface area contributed by atoms with Crippen molar-refractivity contribution in [2.24, 2.45) is 7.05 Å². The number of rotatable bonds is 6. The number of nitrogens with zero attached hydrogens (tertiary/aromatic N) is 5. The predicted octanol–water partition coefficient (Wildman–Crippen LogP) is 3.13. The first kappa shape index (κ1) is 16.2. The quantitative estimate of drug-likeness (QED) is 0.755. The fraction of sp³-hybridized carbons (Fsp3) is 0.389. The van der Waals surface area contributed by atoms with Crippen LogP contribution in [0, 0.1) is 6.92 Å². The van der Waals surface area contributed by atoms with Crippen molar-refractivity contribution in [1.82, 2.24) is 19.7 Å². The van der Waals surface area contributed by atoms with Gasteiger partial charge in [-0.25, -0.2) is 9.97 Å². The van der Waals surface area contributed by atoms with Crippen molar-refractivity contribution in [1.29, 1.82) is 0 Å². The number of fused-ring (bicyclic) bond motifs is 1. The van der Waals surface area contributed by atoms with Crippen molar-refractivity contribution in [2.45, 2.75) is 27.3 Å². The number of anilines is 2. The Balaban J connectivity index is 2.02. The van der Waals surface area contributed by atoms with E-state index < -0.39 is 0 Å². The summed E-state index contributed by atoms with van der Waals surface area (Å²) in [6.07, 6.45) is 1.79. The minimum atomic E-state index is 0.681. The molecule has 0 aliphatic carbocycles. The molecule has 0 saturated heterocycles. The Bertz CT molecular complexity index is 820. The molecule has 126 valence electrons. The minimum Gasteiger partial charge on any atom is -0.366 e. The van der Waals surface area contributed by atoms with Crippen molar-refractivity contribution in [3.8, 4) is 0 Å². The van der Waals surface area contributed by atoms with Crippen molar-refractivity contribution in [3.63, 3.8) is 0 Å². The molecule has 0 atom stereocenters. The number of hydrogen-bond acceptors (Lipinski definition) is 5. The topological polar surface area (TPSA) is 58.9 Å². The SMILES string of the molecule is CCN(CC)c1nc2c(cc1CNc1ccccn1)c(C)nn2C. The van der Waals surface area contributed by atoms with E-state index in [2.05, 4.69) is 40.2 Å². The third-order valence-electron chi connectivity index (χ3n) is 4.24. The van der Waals surface area contributed by atoms with Crippen LogP contribution in [0.25, 0.3) is 11.0 Å². The van der Waals surface area contributed by atoms with Gasteiger partial charge >= 0.3 is 0 Å². The summed E-state index contributed by atoms with van der Waals surface area (Å²) in [6.45, 7) is 8.85. The molecule has 0 unspecified atom stereocenters. The molecule has 6 heteroatoms. The van der Waals surface area contributed by atoms with Gasteiger partial charge in [0, 0.05) is 43.8 Å². The summed E-state index contributed by atoms with van der Waals surface area (Å²) >= 11 is 0. The average Bonchev–Trinajstić information content (AvgIpc) is 2.88. The van der Waals surface area contributed by atoms with Crippen LogP contribution in [-0.2, 0) is 13.6 Å². The lowest BCUT2D eigenvalue weighted by Gasteiger charge is -2.23. The summed E-state index contributed by atoms with van der Waals surface area (Å²) in [7, 11) is 1.94. The minimum absolute atomic E-state index is 0.681. The third kappa shape index (κ3) is 3.04. The molecule has 0 bridgehead atoms. The molecule has 3 aromatic rings. The molecule has 0 radical (unpaired) electrons. The lowest BCUT2D eigenvalue weighted by Crippen LogP contribution is -2.25. The fourth-order valence-corrected chi connectivity index (χ4v) is 2.95. The summed E-state index contributed by atoms with van der Waals surface area (Å²) < 4.78 is 1.85. The summed E-state index contributed by atoms with van der Waals surface area (Å²) in [5.74, 6) is 1.88. The molecule has 3 rings (SSSR count). The fourth-order valence-electron chi connectivity index (χ4n) is 2.95. The second-order valence-corrected chi connectivity index (χ2v) is 5.79. The van der Waals surface area contributed by atoms with Crippen molar-refractivity contribution < 1.29 is 0 Å². The molecular formula is C18H24N6. The standard InChI is InChI=1S/C18H24N6/c1-5-24(6-2)17-14(12-20-16-9-7-8-10-19-16)11-15-13(3)22-23(4)18(15)21-17/h7-11H,5-6,12H2,1-4H3,(H,19,20). The van der Waals surface area contributed by atoms with E-state index in [1.165, 1.54) is 0 Å². The van der Waals surface area contributed by atoms with Crippen LogP contribution in [0.15, 0.2) is 30.5 Å². The Kier molecular flexibility index (Phi) is 4.64. The van der Waals surface area contributed by atoms with Gasteiger partial charge in [0.1, 0.15) is 11.6 Å². The smallest absolute Gasteiger partial charge is 0.160 e. The van der Waals surface area contributed by atoms with Crippen LogP contribution in [0.2, 0.25) is 0 Å². The summed E-state index contributed by atoms with van der Waals surface area (Å²) in [6, 6.07) is 8.07. The summed E-state index contributed by atoms with van der Waals surface area (Å²) in [5, 5.41) is 9.00. The normalized spacial score (nSPS) is 11.0. The maximum absolute atomic E-state index is 4.92. The zero-order valence-electron chi connectivity index (χ0n) is 14.7. The molecule has 6 nitrogen and oxygen atoms in total. The highest BCUT2D eigenvalue weighted by atomic mass is 15.3. The van der Waals surface area contributed by atoms with Crippen LogP contribution < -0.4 is 10.2 Å². The molecule has 0 amide bonds. The van der Waals surface area contributed by atoms with Crippen LogP contribution in [0.3, 0.4) is 0 Å². The zero-order chi connectivity index (χ0) is 17.1. The first-order valence-corrected chi connectivity index (χ1v) is 8.37. The Labute approximate surface area is 142 Å². The number of nitrogens with one attached hydrogen (secondary N) is 1. The Hall–Kier alpha value is -2.63. The molecule has 1 N–H and O–H groups in total. The number of aryl methyl sites for hydroxylation is 2. The Morgan fingerprint density at radius 1 is 1.21 bits per heavy atom. The summed E-state index contributed by atoms with van der Waals surface area (Å²) in [5.41, 5.74) is 3.09. The number of hydrogen-bond donors (Lipinski definition) is 1. The highest BCUT2D eigenvalue weighted by molar-refractivity contribution is 5.81.